The molecule has 1 unspecified atom stereocenters. The number of aromatic nitrogens is 3. The highest BCUT2D eigenvalue weighted by Crippen LogP contribution is 2.39. The van der Waals surface area contributed by atoms with Gasteiger partial charge in [0.05, 0.1) is 5.69 Å². The number of aromatic amines is 1. The van der Waals surface area contributed by atoms with E-state index in [1.54, 1.807) is 23.5 Å². The van der Waals surface area contributed by atoms with E-state index in [1.807, 2.05) is 42.6 Å². The largest absolute Gasteiger partial charge is 0.454 e. The quantitative estimate of drug-likeness (QED) is 0.445. The van der Waals surface area contributed by atoms with E-state index in [1.165, 1.54) is 0 Å². The third kappa shape index (κ3) is 3.27. The van der Waals surface area contributed by atoms with Gasteiger partial charge in [0.2, 0.25) is 6.79 Å². The maximum atomic E-state index is 9.54. The average molecular weight is 406 g/mol. The zero-order valence-corrected chi connectivity index (χ0v) is 16.4. The van der Waals surface area contributed by atoms with E-state index in [9.17, 15) is 5.11 Å². The number of fused-ring (bicyclic) bond motifs is 1. The molecule has 2 aromatic carbocycles. The van der Waals surface area contributed by atoms with Crippen LogP contribution in [0.4, 0.5) is 0 Å². The molecule has 1 aliphatic heterocycles. The van der Waals surface area contributed by atoms with Crippen LogP contribution < -0.4 is 15.2 Å². The molecule has 2 aromatic heterocycles. The van der Waals surface area contributed by atoms with E-state index in [-0.39, 0.29) is 6.79 Å². The van der Waals surface area contributed by atoms with E-state index >= 15 is 0 Å². The first-order chi connectivity index (χ1) is 14.1. The number of aliphatic hydroxyl groups excluding tert-OH is 1. The van der Waals surface area contributed by atoms with Gasteiger partial charge in [-0.1, -0.05) is 24.3 Å². The van der Waals surface area contributed by atoms with Gasteiger partial charge < -0.3 is 25.3 Å². The topological polar surface area (TPSA) is 106 Å². The molecule has 3 heterocycles. The van der Waals surface area contributed by atoms with Crippen LogP contribution in [-0.4, -0.2) is 26.9 Å². The minimum Gasteiger partial charge on any atom is -0.454 e. The van der Waals surface area contributed by atoms with Gasteiger partial charge in [-0.25, -0.2) is 9.97 Å². The van der Waals surface area contributed by atoms with Gasteiger partial charge in [0.15, 0.2) is 11.5 Å². The second-order valence-electron chi connectivity index (χ2n) is 6.74. The lowest BCUT2D eigenvalue weighted by Crippen LogP contribution is -2.07. The van der Waals surface area contributed by atoms with Crippen LogP contribution in [0.2, 0.25) is 0 Å². The summed E-state index contributed by atoms with van der Waals surface area (Å²) in [5.41, 5.74) is 10.6. The van der Waals surface area contributed by atoms with Crippen molar-refractivity contribution in [3.05, 3.63) is 59.1 Å². The van der Waals surface area contributed by atoms with Crippen LogP contribution in [0.5, 0.6) is 11.5 Å². The van der Waals surface area contributed by atoms with Gasteiger partial charge in [-0.2, -0.15) is 0 Å². The number of hydrogen-bond acceptors (Lipinski definition) is 7. The number of thiazole rings is 1. The molecule has 0 bridgehead atoms. The van der Waals surface area contributed by atoms with Crippen LogP contribution in [0.25, 0.3) is 33.3 Å². The number of hydrogen-bond donors (Lipinski definition) is 3. The first kappa shape index (κ1) is 17.9. The highest BCUT2D eigenvalue weighted by atomic mass is 32.1. The summed E-state index contributed by atoms with van der Waals surface area (Å²) < 4.78 is 10.9. The Morgan fingerprint density at radius 3 is 2.55 bits per heavy atom. The number of aliphatic hydroxyl groups is 1. The molecular formula is C21H18N4O3S. The standard InChI is InChI=1S/C21H18N4O3S/c1-11-9-29-21(23-11)18-17(14-6-7-15-16(8-14)28-10-27-15)24-20(25-18)13-4-2-12(3-5-13)19(22)26/h2-9,19,26H,10,22H2,1H3,(H,24,25). The predicted molar refractivity (Wildman–Crippen MR) is 111 cm³/mol. The summed E-state index contributed by atoms with van der Waals surface area (Å²) in [7, 11) is 0. The maximum absolute atomic E-state index is 9.54. The molecule has 0 fully saturated rings. The van der Waals surface area contributed by atoms with Crippen molar-refractivity contribution in [2.24, 2.45) is 5.73 Å². The van der Waals surface area contributed by atoms with Crippen molar-refractivity contribution in [1.29, 1.82) is 0 Å². The molecule has 4 aromatic rings. The number of H-pyrrole nitrogens is 1. The second kappa shape index (κ2) is 7.00. The van der Waals surface area contributed by atoms with Crippen LogP contribution in [0.3, 0.4) is 0 Å². The Labute approximate surface area is 170 Å². The molecular weight excluding hydrogens is 388 g/mol. The molecule has 0 amide bonds. The van der Waals surface area contributed by atoms with E-state index in [2.05, 4.69) is 9.97 Å². The molecule has 0 saturated heterocycles. The zero-order valence-electron chi connectivity index (χ0n) is 15.5. The minimum absolute atomic E-state index is 0.225. The van der Waals surface area contributed by atoms with E-state index in [4.69, 9.17) is 20.2 Å². The zero-order chi connectivity index (χ0) is 20.0. The Morgan fingerprint density at radius 2 is 1.83 bits per heavy atom. The third-order valence-corrected chi connectivity index (χ3v) is 5.69. The highest BCUT2D eigenvalue weighted by Gasteiger charge is 2.21. The van der Waals surface area contributed by atoms with Crippen molar-refractivity contribution in [3.8, 4) is 44.8 Å². The van der Waals surface area contributed by atoms with Gasteiger partial charge in [-0.15, -0.1) is 11.3 Å². The van der Waals surface area contributed by atoms with Gasteiger partial charge in [0.1, 0.15) is 22.8 Å². The lowest BCUT2D eigenvalue weighted by molar-refractivity contribution is 0.174. The third-order valence-electron chi connectivity index (χ3n) is 4.71. The Hall–Kier alpha value is -3.20. The van der Waals surface area contributed by atoms with Gasteiger partial charge in [0, 0.05) is 22.2 Å². The lowest BCUT2D eigenvalue weighted by atomic mass is 10.1. The summed E-state index contributed by atoms with van der Waals surface area (Å²) in [6.45, 7) is 2.19. The fraction of sp³-hybridized carbons (Fsp3) is 0.143. The molecule has 0 radical (unpaired) electrons. The van der Waals surface area contributed by atoms with Crippen LogP contribution in [0.15, 0.2) is 47.8 Å². The molecule has 29 heavy (non-hydrogen) atoms. The first-order valence-electron chi connectivity index (χ1n) is 9.05. The molecule has 0 spiro atoms. The number of aryl methyl sites for hydroxylation is 1. The van der Waals surface area contributed by atoms with Crippen molar-refractivity contribution in [2.45, 2.75) is 13.2 Å². The summed E-state index contributed by atoms with van der Waals surface area (Å²) >= 11 is 1.56. The summed E-state index contributed by atoms with van der Waals surface area (Å²) in [5, 5.41) is 12.4. The second-order valence-corrected chi connectivity index (χ2v) is 7.60. The normalized spacial score (nSPS) is 13.6. The molecule has 8 heteroatoms. The molecule has 0 saturated carbocycles. The Bertz CT molecular complexity index is 1180. The van der Waals surface area contributed by atoms with Crippen molar-refractivity contribution in [1.82, 2.24) is 15.0 Å². The molecule has 0 aliphatic carbocycles. The van der Waals surface area contributed by atoms with Gasteiger partial charge in [0.25, 0.3) is 0 Å². The summed E-state index contributed by atoms with van der Waals surface area (Å²) in [6, 6.07) is 13.1. The Kier molecular flexibility index (Phi) is 4.31. The highest BCUT2D eigenvalue weighted by molar-refractivity contribution is 7.13. The molecule has 5 rings (SSSR count). The molecule has 1 atom stereocenters. The number of ether oxygens (including phenoxy) is 2. The number of nitrogens with one attached hydrogen (secondary N) is 1. The molecule has 7 nitrogen and oxygen atoms in total. The van der Waals surface area contributed by atoms with E-state index < -0.39 is 6.23 Å². The maximum Gasteiger partial charge on any atom is 0.231 e. The van der Waals surface area contributed by atoms with Gasteiger partial charge in [-0.3, -0.25) is 0 Å². The molecule has 146 valence electrons. The Morgan fingerprint density at radius 1 is 1.07 bits per heavy atom. The lowest BCUT2D eigenvalue weighted by Gasteiger charge is -2.04. The molecule has 1 aliphatic rings. The van der Waals surface area contributed by atoms with Crippen LogP contribution in [0.1, 0.15) is 17.5 Å². The van der Waals surface area contributed by atoms with Crippen LogP contribution in [-0.2, 0) is 0 Å². The van der Waals surface area contributed by atoms with E-state index in [0.717, 1.165) is 39.0 Å². The fourth-order valence-electron chi connectivity index (χ4n) is 3.22. The van der Waals surface area contributed by atoms with Crippen LogP contribution in [0, 0.1) is 6.92 Å². The predicted octanol–water partition coefficient (Wildman–Crippen LogP) is 3.85. The fourth-order valence-corrected chi connectivity index (χ4v) is 4.02. The van der Waals surface area contributed by atoms with Crippen molar-refractivity contribution < 1.29 is 14.6 Å². The molecule has 4 N–H and O–H groups in total. The number of nitrogens with zero attached hydrogens (tertiary/aromatic N) is 2. The smallest absolute Gasteiger partial charge is 0.231 e. The van der Waals surface area contributed by atoms with E-state index in [0.29, 0.717) is 17.1 Å². The van der Waals surface area contributed by atoms with Crippen LogP contribution >= 0.6 is 11.3 Å². The SMILES string of the molecule is Cc1csc(-c2[nH]c(-c3ccc(C(N)O)cc3)nc2-c2ccc3c(c2)OCO3)n1. The first-order valence-corrected chi connectivity index (χ1v) is 9.93. The number of imidazole rings is 1. The summed E-state index contributed by atoms with van der Waals surface area (Å²) in [5.74, 6) is 2.14. The van der Waals surface area contributed by atoms with Crippen molar-refractivity contribution in [2.75, 3.05) is 6.79 Å². The average Bonchev–Trinajstić information content (AvgIpc) is 3.46. The number of benzene rings is 2. The minimum atomic E-state index is -1.00. The van der Waals surface area contributed by atoms with Crippen molar-refractivity contribution >= 4 is 11.3 Å². The Balaban J connectivity index is 1.63. The van der Waals surface area contributed by atoms with Gasteiger partial charge in [-0.05, 0) is 30.7 Å². The number of nitrogens with two attached hydrogens (primary N) is 1. The number of rotatable bonds is 4. The van der Waals surface area contributed by atoms with Gasteiger partial charge >= 0.3 is 0 Å². The monoisotopic (exact) mass is 406 g/mol. The van der Waals surface area contributed by atoms with Crippen molar-refractivity contribution in [3.63, 3.8) is 0 Å². The summed E-state index contributed by atoms with van der Waals surface area (Å²) in [4.78, 5) is 12.9. The summed E-state index contributed by atoms with van der Waals surface area (Å²) in [6.07, 6.45) is -1.00.